The minimum atomic E-state index is -2.45. The van der Waals surface area contributed by atoms with Gasteiger partial charge in [0.15, 0.2) is 0 Å². The molecule has 7 heteroatoms. The molecule has 2 heterocycles. The molecule has 0 amide bonds. The summed E-state index contributed by atoms with van der Waals surface area (Å²) < 4.78 is 28.9. The maximum Gasteiger partial charge on any atom is 0.144 e. The van der Waals surface area contributed by atoms with Gasteiger partial charge in [-0.3, -0.25) is 4.57 Å². The Morgan fingerprint density at radius 2 is 1.88 bits per heavy atom. The number of pyridine rings is 1. The smallest absolute Gasteiger partial charge is 0.144 e. The van der Waals surface area contributed by atoms with Gasteiger partial charge in [0.25, 0.3) is 0 Å². The molecule has 0 fully saturated rings. The summed E-state index contributed by atoms with van der Waals surface area (Å²) in [4.78, 5) is 8.54. The lowest BCUT2D eigenvalue weighted by molar-refractivity contribution is 0.340. The summed E-state index contributed by atoms with van der Waals surface area (Å²) in [5.74, 6) is 1.50. The van der Waals surface area contributed by atoms with Gasteiger partial charge in [-0.15, -0.1) is 0 Å². The normalized spacial score (nSPS) is 10.9. The number of imidazole rings is 1. The van der Waals surface area contributed by atoms with Crippen molar-refractivity contribution in [3.8, 4) is 22.8 Å². The van der Waals surface area contributed by atoms with E-state index in [0.717, 1.165) is 17.0 Å². The van der Waals surface area contributed by atoms with Crippen molar-refractivity contribution in [3.63, 3.8) is 0 Å². The van der Waals surface area contributed by atoms with Gasteiger partial charge in [-0.25, -0.2) is 18.4 Å². The molecular weight excluding hydrogens is 326 g/mol. The second kappa shape index (κ2) is 7.27. The van der Waals surface area contributed by atoms with Crippen LogP contribution in [0.15, 0.2) is 55.1 Å². The van der Waals surface area contributed by atoms with E-state index in [2.05, 4.69) is 9.97 Å². The number of benzene rings is 1. The molecule has 0 N–H and O–H groups in total. The van der Waals surface area contributed by atoms with Crippen LogP contribution in [0, 0.1) is 0 Å². The molecule has 2 aromatic heterocycles. The van der Waals surface area contributed by atoms with E-state index in [1.54, 1.807) is 30.9 Å². The minimum Gasteiger partial charge on any atom is -0.494 e. The Morgan fingerprint density at radius 3 is 2.50 bits per heavy atom. The first-order chi connectivity index (χ1) is 11.7. The Balaban J connectivity index is 1.89. The number of hydrogen-bond acceptors (Lipinski definition) is 5. The fourth-order valence-electron chi connectivity index (χ4n) is 2.38. The van der Waals surface area contributed by atoms with Crippen molar-refractivity contribution in [1.82, 2.24) is 14.5 Å². The van der Waals surface area contributed by atoms with Crippen molar-refractivity contribution in [2.75, 3.05) is 6.61 Å². The largest absolute Gasteiger partial charge is 0.494 e. The van der Waals surface area contributed by atoms with Gasteiger partial charge >= 0.3 is 0 Å². The number of nitrogens with zero attached hydrogens (tertiary/aromatic N) is 3. The van der Waals surface area contributed by atoms with E-state index < -0.39 is 10.7 Å². The zero-order valence-electron chi connectivity index (χ0n) is 13.1. The highest BCUT2D eigenvalue weighted by atomic mass is 32.2. The maximum absolute atomic E-state index is 10.8. The zero-order chi connectivity index (χ0) is 16.9. The third-order valence-corrected chi connectivity index (χ3v) is 4.09. The maximum atomic E-state index is 10.8. The molecule has 24 heavy (non-hydrogen) atoms. The van der Waals surface area contributed by atoms with Gasteiger partial charge in [0, 0.05) is 11.8 Å². The number of thiol groups is 1. The Bertz CT molecular complexity index is 876. The molecule has 124 valence electrons. The van der Waals surface area contributed by atoms with Crippen LogP contribution in [0.2, 0.25) is 0 Å². The molecule has 0 atom stereocenters. The number of ether oxygens (including phenoxy) is 1. The predicted octanol–water partition coefficient (Wildman–Crippen LogP) is 2.44. The quantitative estimate of drug-likeness (QED) is 0.696. The van der Waals surface area contributed by atoms with Crippen LogP contribution in [-0.2, 0) is 16.5 Å². The van der Waals surface area contributed by atoms with Crippen molar-refractivity contribution in [1.29, 1.82) is 0 Å². The van der Waals surface area contributed by atoms with Crippen molar-refractivity contribution in [2.24, 2.45) is 0 Å². The molecule has 0 saturated carbocycles. The fraction of sp³-hybridized carbons (Fsp3) is 0.176. The monoisotopic (exact) mass is 343 g/mol. The first-order valence-electron chi connectivity index (χ1n) is 7.50. The molecule has 0 aliphatic heterocycles. The van der Waals surface area contributed by atoms with Gasteiger partial charge in [0.1, 0.15) is 28.6 Å². The standard InChI is InChI=1S/C17H17N3O3S/c1-2-23-15-6-4-14(5-7-15)16-10-18-12-20(16)17-8-3-13(9-19-17)11-24(21)22/h3-10,12,24H,2,11H2,1H3. The molecule has 0 bridgehead atoms. The first-order valence-corrected chi connectivity index (χ1v) is 8.86. The summed E-state index contributed by atoms with van der Waals surface area (Å²) in [7, 11) is -2.45. The van der Waals surface area contributed by atoms with Gasteiger partial charge in [-0.05, 0) is 42.8 Å². The van der Waals surface area contributed by atoms with E-state index in [1.165, 1.54) is 0 Å². The molecule has 0 aliphatic rings. The Labute approximate surface area is 141 Å². The average Bonchev–Trinajstić information content (AvgIpc) is 3.06. The van der Waals surface area contributed by atoms with Crippen LogP contribution in [-0.4, -0.2) is 29.6 Å². The number of rotatable bonds is 6. The van der Waals surface area contributed by atoms with E-state index in [4.69, 9.17) is 4.74 Å². The number of aromatic nitrogens is 3. The van der Waals surface area contributed by atoms with Crippen molar-refractivity contribution < 1.29 is 13.2 Å². The molecule has 3 aromatic rings. The van der Waals surface area contributed by atoms with Gasteiger partial charge in [0.2, 0.25) is 0 Å². The Hall–Kier alpha value is -2.67. The highest BCUT2D eigenvalue weighted by Gasteiger charge is 2.08. The molecular formula is C17H17N3O3S. The van der Waals surface area contributed by atoms with Crippen LogP contribution in [0.5, 0.6) is 5.75 Å². The molecule has 6 nitrogen and oxygen atoms in total. The zero-order valence-corrected chi connectivity index (χ0v) is 14.0. The van der Waals surface area contributed by atoms with E-state index in [1.807, 2.05) is 35.8 Å². The van der Waals surface area contributed by atoms with Crippen LogP contribution >= 0.6 is 0 Å². The van der Waals surface area contributed by atoms with Crippen LogP contribution in [0.3, 0.4) is 0 Å². The summed E-state index contributed by atoms with van der Waals surface area (Å²) in [6.07, 6.45) is 5.02. The predicted molar refractivity (Wildman–Crippen MR) is 92.0 cm³/mol. The van der Waals surface area contributed by atoms with E-state index in [0.29, 0.717) is 18.0 Å². The van der Waals surface area contributed by atoms with Gasteiger partial charge in [-0.2, -0.15) is 0 Å². The van der Waals surface area contributed by atoms with Crippen LogP contribution in [0.4, 0.5) is 0 Å². The third kappa shape index (κ3) is 3.62. The van der Waals surface area contributed by atoms with Crippen molar-refractivity contribution >= 4 is 10.7 Å². The molecule has 3 rings (SSSR count). The van der Waals surface area contributed by atoms with E-state index >= 15 is 0 Å². The van der Waals surface area contributed by atoms with E-state index in [-0.39, 0.29) is 5.75 Å². The van der Waals surface area contributed by atoms with Crippen molar-refractivity contribution in [2.45, 2.75) is 12.7 Å². The summed E-state index contributed by atoms with van der Waals surface area (Å²) in [6, 6.07) is 11.3. The lowest BCUT2D eigenvalue weighted by atomic mass is 10.1. The summed E-state index contributed by atoms with van der Waals surface area (Å²) in [5.41, 5.74) is 2.55. The number of hydrogen-bond donors (Lipinski definition) is 1. The lowest BCUT2D eigenvalue weighted by Gasteiger charge is -2.09. The first kappa shape index (κ1) is 16.2. The second-order valence-electron chi connectivity index (χ2n) is 5.12. The van der Waals surface area contributed by atoms with Crippen LogP contribution in [0.1, 0.15) is 12.5 Å². The molecule has 0 radical (unpaired) electrons. The fourth-order valence-corrected chi connectivity index (χ4v) is 2.87. The molecule has 1 aromatic carbocycles. The SMILES string of the molecule is CCOc1ccc(-c2cncn2-c2ccc(C[SH](=O)=O)cn2)cc1. The van der Waals surface area contributed by atoms with Crippen LogP contribution in [0.25, 0.3) is 17.1 Å². The molecule has 0 spiro atoms. The average molecular weight is 343 g/mol. The summed E-state index contributed by atoms with van der Waals surface area (Å²) >= 11 is 0. The second-order valence-corrected chi connectivity index (χ2v) is 6.10. The highest BCUT2D eigenvalue weighted by molar-refractivity contribution is 7.71. The Kier molecular flexibility index (Phi) is 4.90. The topological polar surface area (TPSA) is 74.1 Å². The third-order valence-electron chi connectivity index (χ3n) is 3.47. The van der Waals surface area contributed by atoms with Gasteiger partial charge in [-0.1, -0.05) is 6.07 Å². The van der Waals surface area contributed by atoms with E-state index in [9.17, 15) is 8.42 Å². The molecule has 0 saturated heterocycles. The highest BCUT2D eigenvalue weighted by Crippen LogP contribution is 2.24. The minimum absolute atomic E-state index is 0.00170. The van der Waals surface area contributed by atoms with Gasteiger partial charge < -0.3 is 4.74 Å². The molecule has 0 unspecified atom stereocenters. The lowest BCUT2D eigenvalue weighted by Crippen LogP contribution is -1.99. The van der Waals surface area contributed by atoms with Crippen molar-refractivity contribution in [3.05, 3.63) is 60.7 Å². The summed E-state index contributed by atoms with van der Waals surface area (Å²) in [5, 5.41) is 0. The summed E-state index contributed by atoms with van der Waals surface area (Å²) in [6.45, 7) is 2.57. The van der Waals surface area contributed by atoms with Gasteiger partial charge in [0.05, 0.1) is 24.3 Å². The van der Waals surface area contributed by atoms with Crippen LogP contribution < -0.4 is 4.74 Å². The Morgan fingerprint density at radius 1 is 1.08 bits per heavy atom. The molecule has 0 aliphatic carbocycles.